The van der Waals surface area contributed by atoms with E-state index in [-0.39, 0.29) is 16.9 Å². The molecule has 2 aromatic rings. The molecule has 0 spiro atoms. The lowest BCUT2D eigenvalue weighted by Crippen LogP contribution is -2.21. The van der Waals surface area contributed by atoms with Crippen molar-refractivity contribution in [2.24, 2.45) is 0 Å². The zero-order chi connectivity index (χ0) is 21.4. The summed E-state index contributed by atoms with van der Waals surface area (Å²) < 4.78 is 5.42. The molecule has 0 bridgehead atoms. The predicted octanol–water partition coefficient (Wildman–Crippen LogP) is 4.00. The van der Waals surface area contributed by atoms with Gasteiger partial charge in [-0.15, -0.1) is 0 Å². The number of carbonyl (C=O) groups excluding carboxylic acids is 1. The third kappa shape index (κ3) is 5.32. The minimum absolute atomic E-state index is 0.148. The Balaban J connectivity index is 2.31. The van der Waals surface area contributed by atoms with Gasteiger partial charge in [-0.05, 0) is 38.1 Å². The van der Waals surface area contributed by atoms with Gasteiger partial charge in [-0.1, -0.05) is 6.07 Å². The number of nitriles is 1. The van der Waals surface area contributed by atoms with Crippen LogP contribution in [0.2, 0.25) is 0 Å². The van der Waals surface area contributed by atoms with E-state index < -0.39 is 10.8 Å². The van der Waals surface area contributed by atoms with Crippen LogP contribution < -0.4 is 15.0 Å². The predicted molar refractivity (Wildman–Crippen MR) is 112 cm³/mol. The lowest BCUT2D eigenvalue weighted by Gasteiger charge is -2.22. The van der Waals surface area contributed by atoms with E-state index in [0.717, 1.165) is 18.8 Å². The number of hydrogen-bond donors (Lipinski definition) is 1. The average molecular weight is 394 g/mol. The Hall–Kier alpha value is -3.86. The van der Waals surface area contributed by atoms with Gasteiger partial charge in [0.1, 0.15) is 17.4 Å². The largest absolute Gasteiger partial charge is 0.496 e. The van der Waals surface area contributed by atoms with Crippen LogP contribution in [0.15, 0.2) is 48.0 Å². The summed E-state index contributed by atoms with van der Waals surface area (Å²) in [6.07, 6.45) is 1.43. The van der Waals surface area contributed by atoms with Gasteiger partial charge in [-0.25, -0.2) is 0 Å². The number of ether oxygens (including phenoxy) is 1. The number of methoxy groups -OCH3 is 1. The fourth-order valence-corrected chi connectivity index (χ4v) is 2.80. The molecule has 0 atom stereocenters. The standard InChI is InChI=1S/C21H22N4O4/c1-4-24(5-2)18-10-9-15(20(13-18)29-3)11-16(14-22)21(26)23-17-7-6-8-19(12-17)25(27)28/h6-13H,4-5H2,1-3H3,(H,23,26)/b16-11+. The van der Waals surface area contributed by atoms with Crippen LogP contribution in [0.25, 0.3) is 6.08 Å². The van der Waals surface area contributed by atoms with Gasteiger partial charge in [-0.2, -0.15) is 5.26 Å². The molecule has 8 heteroatoms. The smallest absolute Gasteiger partial charge is 0.271 e. The minimum Gasteiger partial charge on any atom is -0.496 e. The molecule has 8 nitrogen and oxygen atoms in total. The normalized spacial score (nSPS) is 10.8. The number of anilines is 2. The van der Waals surface area contributed by atoms with Gasteiger partial charge in [0, 0.05) is 48.2 Å². The van der Waals surface area contributed by atoms with E-state index in [1.165, 1.54) is 37.5 Å². The molecular weight excluding hydrogens is 372 g/mol. The molecule has 0 aliphatic carbocycles. The van der Waals surface area contributed by atoms with Crippen LogP contribution in [0, 0.1) is 21.4 Å². The van der Waals surface area contributed by atoms with Crippen molar-refractivity contribution in [2.75, 3.05) is 30.4 Å². The van der Waals surface area contributed by atoms with Crippen molar-refractivity contribution in [1.29, 1.82) is 5.26 Å². The third-order valence-electron chi connectivity index (χ3n) is 4.33. The van der Waals surface area contributed by atoms with Crippen molar-refractivity contribution in [2.45, 2.75) is 13.8 Å². The van der Waals surface area contributed by atoms with E-state index in [0.29, 0.717) is 11.3 Å². The SMILES string of the molecule is CCN(CC)c1ccc(/C=C(\C#N)C(=O)Nc2cccc([N+](=O)[O-])c2)c(OC)c1. The molecule has 29 heavy (non-hydrogen) atoms. The molecule has 0 saturated carbocycles. The highest BCUT2D eigenvalue weighted by atomic mass is 16.6. The van der Waals surface area contributed by atoms with Gasteiger partial charge in [0.15, 0.2) is 0 Å². The fraction of sp³-hybridized carbons (Fsp3) is 0.238. The summed E-state index contributed by atoms with van der Waals surface area (Å²) in [6, 6.07) is 12.9. The highest BCUT2D eigenvalue weighted by Gasteiger charge is 2.14. The summed E-state index contributed by atoms with van der Waals surface area (Å²) >= 11 is 0. The van der Waals surface area contributed by atoms with Gasteiger partial charge in [0.05, 0.1) is 12.0 Å². The molecule has 1 amide bonds. The third-order valence-corrected chi connectivity index (χ3v) is 4.33. The molecule has 0 aliphatic rings. The molecule has 1 N–H and O–H groups in total. The Kier molecular flexibility index (Phi) is 7.32. The number of carbonyl (C=O) groups is 1. The molecule has 0 aromatic heterocycles. The summed E-state index contributed by atoms with van der Waals surface area (Å²) in [7, 11) is 1.52. The van der Waals surface area contributed by atoms with Crippen LogP contribution in [0.3, 0.4) is 0 Å². The van der Waals surface area contributed by atoms with E-state index in [1.807, 2.05) is 18.2 Å². The monoisotopic (exact) mass is 394 g/mol. The number of amides is 1. The first kappa shape index (κ1) is 21.4. The highest BCUT2D eigenvalue weighted by Crippen LogP contribution is 2.28. The summed E-state index contributed by atoms with van der Waals surface area (Å²) in [5.74, 6) is -0.131. The summed E-state index contributed by atoms with van der Waals surface area (Å²) in [4.78, 5) is 24.9. The van der Waals surface area contributed by atoms with Crippen molar-refractivity contribution in [3.05, 3.63) is 63.7 Å². The molecular formula is C21H22N4O4. The van der Waals surface area contributed by atoms with E-state index >= 15 is 0 Å². The van der Waals surface area contributed by atoms with E-state index in [9.17, 15) is 20.2 Å². The Morgan fingerprint density at radius 2 is 2.00 bits per heavy atom. The van der Waals surface area contributed by atoms with Crippen LogP contribution in [0.5, 0.6) is 5.75 Å². The van der Waals surface area contributed by atoms with Gasteiger partial charge >= 0.3 is 0 Å². The number of nitrogens with zero attached hydrogens (tertiary/aromatic N) is 3. The Morgan fingerprint density at radius 3 is 2.59 bits per heavy atom. The topological polar surface area (TPSA) is 109 Å². The van der Waals surface area contributed by atoms with Gasteiger partial charge in [-0.3, -0.25) is 14.9 Å². The minimum atomic E-state index is -0.664. The number of rotatable bonds is 8. The first-order valence-electron chi connectivity index (χ1n) is 9.04. The first-order chi connectivity index (χ1) is 13.9. The van der Waals surface area contributed by atoms with Crippen LogP contribution in [-0.4, -0.2) is 31.0 Å². The van der Waals surface area contributed by atoms with E-state index in [1.54, 1.807) is 6.07 Å². The molecule has 0 radical (unpaired) electrons. The van der Waals surface area contributed by atoms with Gasteiger partial charge in [0.25, 0.3) is 11.6 Å². The maximum Gasteiger partial charge on any atom is 0.271 e. The molecule has 0 fully saturated rings. The Labute approximate surface area is 169 Å². The Bertz CT molecular complexity index is 975. The summed E-state index contributed by atoms with van der Waals surface area (Å²) in [5.41, 5.74) is 1.48. The van der Waals surface area contributed by atoms with Crippen molar-refractivity contribution in [3.63, 3.8) is 0 Å². The van der Waals surface area contributed by atoms with Crippen LogP contribution in [0.1, 0.15) is 19.4 Å². The Morgan fingerprint density at radius 1 is 1.28 bits per heavy atom. The lowest BCUT2D eigenvalue weighted by molar-refractivity contribution is -0.384. The molecule has 0 unspecified atom stereocenters. The molecule has 0 aliphatic heterocycles. The van der Waals surface area contributed by atoms with E-state index in [2.05, 4.69) is 24.1 Å². The highest BCUT2D eigenvalue weighted by molar-refractivity contribution is 6.10. The summed E-state index contributed by atoms with van der Waals surface area (Å²) in [6.45, 7) is 5.78. The number of benzene rings is 2. The lowest BCUT2D eigenvalue weighted by atomic mass is 10.1. The second-order valence-electron chi connectivity index (χ2n) is 6.03. The molecule has 2 aromatic carbocycles. The quantitative estimate of drug-likeness (QED) is 0.314. The van der Waals surface area contributed by atoms with Crippen LogP contribution in [0.4, 0.5) is 17.1 Å². The maximum atomic E-state index is 12.5. The number of nitrogens with one attached hydrogen (secondary N) is 1. The molecule has 0 heterocycles. The number of non-ortho nitro benzene ring substituents is 1. The molecule has 0 saturated heterocycles. The second-order valence-corrected chi connectivity index (χ2v) is 6.03. The van der Waals surface area contributed by atoms with E-state index in [4.69, 9.17) is 4.74 Å². The average Bonchev–Trinajstić information content (AvgIpc) is 2.73. The number of nitro groups is 1. The van der Waals surface area contributed by atoms with Crippen molar-refractivity contribution in [3.8, 4) is 11.8 Å². The van der Waals surface area contributed by atoms with Crippen LogP contribution in [-0.2, 0) is 4.79 Å². The van der Waals surface area contributed by atoms with Crippen molar-refractivity contribution in [1.82, 2.24) is 0 Å². The van der Waals surface area contributed by atoms with Gasteiger partial charge < -0.3 is 15.0 Å². The zero-order valence-corrected chi connectivity index (χ0v) is 16.5. The number of nitro benzene ring substituents is 1. The molecule has 150 valence electrons. The summed E-state index contributed by atoms with van der Waals surface area (Å²) in [5, 5.41) is 22.8. The second kappa shape index (κ2) is 9.90. The first-order valence-corrected chi connectivity index (χ1v) is 9.04. The van der Waals surface area contributed by atoms with Crippen molar-refractivity contribution >= 4 is 29.0 Å². The zero-order valence-electron chi connectivity index (χ0n) is 16.5. The number of hydrogen-bond acceptors (Lipinski definition) is 6. The molecule has 2 rings (SSSR count). The fourth-order valence-electron chi connectivity index (χ4n) is 2.80. The maximum absolute atomic E-state index is 12.5. The van der Waals surface area contributed by atoms with Gasteiger partial charge in [0.2, 0.25) is 0 Å². The van der Waals surface area contributed by atoms with Crippen molar-refractivity contribution < 1.29 is 14.5 Å². The van der Waals surface area contributed by atoms with Crippen LogP contribution >= 0.6 is 0 Å².